The Balaban J connectivity index is 0.00000141. The Bertz CT molecular complexity index is 854. The van der Waals surface area contributed by atoms with Crippen LogP contribution in [0.25, 0.3) is 0 Å². The summed E-state index contributed by atoms with van der Waals surface area (Å²) in [6.45, 7) is 2.83. The normalized spacial score (nSPS) is 21.2. The number of benzene rings is 2. The van der Waals surface area contributed by atoms with E-state index in [1.165, 1.54) is 24.0 Å². The van der Waals surface area contributed by atoms with Gasteiger partial charge in [0.25, 0.3) is 0 Å². The summed E-state index contributed by atoms with van der Waals surface area (Å²) in [6.07, 6.45) is 9.28. The van der Waals surface area contributed by atoms with Gasteiger partial charge in [0.1, 0.15) is 17.9 Å². The first kappa shape index (κ1) is 24.4. The molecule has 0 amide bonds. The summed E-state index contributed by atoms with van der Waals surface area (Å²) in [7, 11) is 1.00. The van der Waals surface area contributed by atoms with Gasteiger partial charge in [-0.2, -0.15) is 0 Å². The van der Waals surface area contributed by atoms with Crippen molar-refractivity contribution in [3.05, 3.63) is 65.0 Å². The average Bonchev–Trinajstić information content (AvgIpc) is 3.69. The molecule has 2 aliphatic carbocycles. The van der Waals surface area contributed by atoms with E-state index in [0.29, 0.717) is 30.1 Å². The van der Waals surface area contributed by atoms with Crippen LogP contribution < -0.4 is 4.74 Å². The number of aliphatic hydroxyl groups is 1. The molecule has 2 aliphatic rings. The third kappa shape index (κ3) is 6.41. The molecule has 0 saturated heterocycles. The molecule has 32 heavy (non-hydrogen) atoms. The maximum Gasteiger partial charge on any atom is 0.126 e. The number of rotatable bonds is 9. The van der Waals surface area contributed by atoms with Crippen LogP contribution in [-0.4, -0.2) is 25.1 Å². The van der Waals surface area contributed by atoms with Crippen molar-refractivity contribution < 1.29 is 19.0 Å². The molecule has 1 atom stereocenters. The highest BCUT2D eigenvalue weighted by Crippen LogP contribution is 2.44. The number of aldehydes is 1. The second kappa shape index (κ2) is 12.2. The van der Waals surface area contributed by atoms with Gasteiger partial charge in [0, 0.05) is 13.5 Å². The Morgan fingerprint density at radius 3 is 2.47 bits per heavy atom. The number of aryl methyl sites for hydroxylation is 1. The Morgan fingerprint density at radius 1 is 1.06 bits per heavy atom. The van der Waals surface area contributed by atoms with Gasteiger partial charge in [-0.25, -0.2) is 4.39 Å². The second-order valence-corrected chi connectivity index (χ2v) is 9.16. The molecular formula is C28H37FO3. The lowest BCUT2D eigenvalue weighted by Gasteiger charge is -2.29. The first-order valence-corrected chi connectivity index (χ1v) is 12.1. The maximum atomic E-state index is 14.3. The van der Waals surface area contributed by atoms with Crippen LogP contribution in [0, 0.1) is 17.7 Å². The zero-order chi connectivity index (χ0) is 22.9. The van der Waals surface area contributed by atoms with Crippen LogP contribution in [0.15, 0.2) is 42.5 Å². The van der Waals surface area contributed by atoms with E-state index in [0.717, 1.165) is 63.4 Å². The summed E-state index contributed by atoms with van der Waals surface area (Å²) >= 11 is 0. The zero-order valence-electron chi connectivity index (χ0n) is 19.4. The number of halogens is 1. The van der Waals surface area contributed by atoms with Crippen LogP contribution in [0.4, 0.5) is 4.39 Å². The molecule has 1 unspecified atom stereocenters. The van der Waals surface area contributed by atoms with Gasteiger partial charge in [0.05, 0.1) is 6.61 Å². The molecule has 4 rings (SSSR count). The largest absolute Gasteiger partial charge is 0.493 e. The standard InChI is InChI=1S/C27H33FO2.CH4O/c1-2-19-8-13-27(28)26(16-19)22-9-6-20(7-10-22)18-30-24-5-3-4-23(17-24)25(14-15-29)21-11-12-21;1-2/h3-5,8,13,15-17,20-22,25H,2,6-7,9-12,14,18H2,1H3;2H,1H3. The molecule has 2 aromatic rings. The SMILES string of the molecule is CCc1ccc(F)c(C2CCC(COc3cccc(C(CC=O)C4CC4)c3)CC2)c1.CO. The predicted molar refractivity (Wildman–Crippen MR) is 127 cm³/mol. The van der Waals surface area contributed by atoms with E-state index in [1.54, 1.807) is 6.07 Å². The monoisotopic (exact) mass is 440 g/mol. The third-order valence-electron chi connectivity index (χ3n) is 7.07. The molecule has 1 N–H and O–H groups in total. The highest BCUT2D eigenvalue weighted by molar-refractivity contribution is 5.52. The van der Waals surface area contributed by atoms with E-state index in [9.17, 15) is 9.18 Å². The first-order chi connectivity index (χ1) is 15.7. The van der Waals surface area contributed by atoms with Crippen molar-refractivity contribution >= 4 is 6.29 Å². The van der Waals surface area contributed by atoms with Crippen molar-refractivity contribution in [1.29, 1.82) is 0 Å². The second-order valence-electron chi connectivity index (χ2n) is 9.16. The molecular weight excluding hydrogens is 403 g/mol. The van der Waals surface area contributed by atoms with Crippen LogP contribution >= 0.6 is 0 Å². The molecule has 0 radical (unpaired) electrons. The summed E-state index contributed by atoms with van der Waals surface area (Å²) in [5, 5.41) is 7.00. The van der Waals surface area contributed by atoms with Crippen molar-refractivity contribution in [3.8, 4) is 5.75 Å². The topological polar surface area (TPSA) is 46.5 Å². The van der Waals surface area contributed by atoms with Crippen molar-refractivity contribution in [2.75, 3.05) is 13.7 Å². The van der Waals surface area contributed by atoms with Gasteiger partial charge in [0.2, 0.25) is 0 Å². The number of carbonyl (C=O) groups excluding carboxylic acids is 1. The van der Waals surface area contributed by atoms with Gasteiger partial charge in [-0.05, 0) is 104 Å². The summed E-state index contributed by atoms with van der Waals surface area (Å²) in [5.74, 6) is 2.72. The molecule has 2 saturated carbocycles. The molecule has 0 aliphatic heterocycles. The average molecular weight is 441 g/mol. The number of hydrogen-bond donors (Lipinski definition) is 1. The maximum absolute atomic E-state index is 14.3. The Morgan fingerprint density at radius 2 is 1.81 bits per heavy atom. The van der Waals surface area contributed by atoms with Gasteiger partial charge in [-0.3, -0.25) is 0 Å². The molecule has 2 fully saturated rings. The highest BCUT2D eigenvalue weighted by Gasteiger charge is 2.32. The number of carbonyl (C=O) groups is 1. The van der Waals surface area contributed by atoms with Crippen LogP contribution in [-0.2, 0) is 11.2 Å². The van der Waals surface area contributed by atoms with Gasteiger partial charge in [0.15, 0.2) is 0 Å². The minimum atomic E-state index is -0.0516. The molecule has 4 heteroatoms. The van der Waals surface area contributed by atoms with Crippen molar-refractivity contribution in [3.63, 3.8) is 0 Å². The summed E-state index contributed by atoms with van der Waals surface area (Å²) in [4.78, 5) is 11.1. The van der Waals surface area contributed by atoms with Crippen LogP contribution in [0.3, 0.4) is 0 Å². The van der Waals surface area contributed by atoms with E-state index in [-0.39, 0.29) is 5.82 Å². The van der Waals surface area contributed by atoms with E-state index >= 15 is 0 Å². The van der Waals surface area contributed by atoms with Crippen LogP contribution in [0.5, 0.6) is 5.75 Å². The summed E-state index contributed by atoms with van der Waals surface area (Å²) < 4.78 is 20.5. The minimum Gasteiger partial charge on any atom is -0.493 e. The summed E-state index contributed by atoms with van der Waals surface area (Å²) in [5.41, 5.74) is 3.36. The Kier molecular flexibility index (Phi) is 9.28. The van der Waals surface area contributed by atoms with Crippen LogP contribution in [0.1, 0.15) is 80.4 Å². The number of ether oxygens (including phenoxy) is 1. The van der Waals surface area contributed by atoms with Crippen molar-refractivity contribution in [2.24, 2.45) is 11.8 Å². The van der Waals surface area contributed by atoms with Crippen molar-refractivity contribution in [2.45, 2.75) is 70.1 Å². The highest BCUT2D eigenvalue weighted by atomic mass is 19.1. The van der Waals surface area contributed by atoms with E-state index in [4.69, 9.17) is 9.84 Å². The molecule has 0 aromatic heterocycles. The lowest BCUT2D eigenvalue weighted by Crippen LogP contribution is -2.20. The number of hydrogen-bond acceptors (Lipinski definition) is 3. The van der Waals surface area contributed by atoms with Crippen LogP contribution in [0.2, 0.25) is 0 Å². The molecule has 174 valence electrons. The fourth-order valence-electron chi connectivity index (χ4n) is 5.02. The molecule has 0 spiro atoms. The van der Waals surface area contributed by atoms with E-state index in [1.807, 2.05) is 18.2 Å². The minimum absolute atomic E-state index is 0.0516. The molecule has 3 nitrogen and oxygen atoms in total. The van der Waals surface area contributed by atoms with Gasteiger partial charge < -0.3 is 14.6 Å². The van der Waals surface area contributed by atoms with E-state index in [2.05, 4.69) is 25.1 Å². The molecule has 0 heterocycles. The van der Waals surface area contributed by atoms with Gasteiger partial charge in [-0.15, -0.1) is 0 Å². The number of aliphatic hydroxyl groups excluding tert-OH is 1. The predicted octanol–water partition coefficient (Wildman–Crippen LogP) is 6.43. The van der Waals surface area contributed by atoms with E-state index < -0.39 is 0 Å². The molecule has 0 bridgehead atoms. The molecule has 2 aromatic carbocycles. The quantitative estimate of drug-likeness (QED) is 0.457. The smallest absolute Gasteiger partial charge is 0.126 e. The zero-order valence-corrected chi connectivity index (χ0v) is 19.4. The van der Waals surface area contributed by atoms with Gasteiger partial charge in [-0.1, -0.05) is 31.2 Å². The fraction of sp³-hybridized carbons (Fsp3) is 0.536. The lowest BCUT2D eigenvalue weighted by molar-refractivity contribution is -0.108. The lowest BCUT2D eigenvalue weighted by atomic mass is 9.78. The fourth-order valence-corrected chi connectivity index (χ4v) is 5.02. The van der Waals surface area contributed by atoms with Crippen molar-refractivity contribution in [1.82, 2.24) is 0 Å². The first-order valence-electron chi connectivity index (χ1n) is 12.1. The Hall–Kier alpha value is -2.20. The Labute approximate surface area is 192 Å². The van der Waals surface area contributed by atoms with Gasteiger partial charge >= 0.3 is 0 Å². The third-order valence-corrected chi connectivity index (χ3v) is 7.07. The summed E-state index contributed by atoms with van der Waals surface area (Å²) in [6, 6.07) is 13.9.